The molecule has 1 aromatic carbocycles. The average molecular weight is 429 g/mol. The number of rotatable bonds is 8. The highest BCUT2D eigenvalue weighted by Gasteiger charge is 2.55. The second-order valence-corrected chi connectivity index (χ2v) is 9.78. The topological polar surface area (TPSA) is 76.1 Å². The van der Waals surface area contributed by atoms with Gasteiger partial charge >= 0.3 is 6.03 Å². The molecule has 7 heteroatoms. The van der Waals surface area contributed by atoms with Crippen molar-refractivity contribution >= 4 is 11.9 Å². The van der Waals surface area contributed by atoms with E-state index in [9.17, 15) is 9.59 Å². The zero-order valence-corrected chi connectivity index (χ0v) is 18.8. The third-order valence-corrected chi connectivity index (χ3v) is 7.64. The number of hydrogen-bond acceptors (Lipinski definition) is 4. The van der Waals surface area contributed by atoms with E-state index < -0.39 is 0 Å². The van der Waals surface area contributed by atoms with Gasteiger partial charge in [-0.15, -0.1) is 0 Å². The van der Waals surface area contributed by atoms with Crippen LogP contribution in [0.2, 0.25) is 0 Å². The number of carbonyl (C=O) groups excluding carboxylic acids is 2. The van der Waals surface area contributed by atoms with E-state index in [0.29, 0.717) is 12.5 Å². The highest BCUT2D eigenvalue weighted by molar-refractivity contribution is 5.86. The zero-order chi connectivity index (χ0) is 22.1. The molecule has 0 bridgehead atoms. The van der Waals surface area contributed by atoms with Crippen LogP contribution in [-0.2, 0) is 10.3 Å². The number of hydrogen-bond donors (Lipinski definition) is 2. The lowest BCUT2D eigenvalue weighted by Gasteiger charge is -2.51. The van der Waals surface area contributed by atoms with Crippen molar-refractivity contribution in [1.82, 2.24) is 20.0 Å². The van der Waals surface area contributed by atoms with E-state index >= 15 is 0 Å². The molecule has 4 rings (SSSR count). The molecule has 0 unspecified atom stereocenters. The Balaban J connectivity index is 1.53. The molecule has 0 atom stereocenters. The van der Waals surface area contributed by atoms with Crippen LogP contribution in [0.3, 0.4) is 0 Å². The molecule has 2 N–H and O–H groups in total. The number of nitrogens with zero attached hydrogens (tertiary/aromatic N) is 3. The summed E-state index contributed by atoms with van der Waals surface area (Å²) in [6, 6.07) is 10.7. The molecule has 31 heavy (non-hydrogen) atoms. The molecule has 3 amide bonds. The molecule has 1 aliphatic heterocycles. The summed E-state index contributed by atoms with van der Waals surface area (Å²) in [5, 5.41) is 11.6. The van der Waals surface area contributed by atoms with Crippen LogP contribution in [0.15, 0.2) is 30.3 Å². The minimum Gasteiger partial charge on any atom is -0.395 e. The lowest BCUT2D eigenvalue weighted by molar-refractivity contribution is -0.121. The van der Waals surface area contributed by atoms with E-state index in [2.05, 4.69) is 59.5 Å². The van der Waals surface area contributed by atoms with Gasteiger partial charge in [0, 0.05) is 25.2 Å². The fraction of sp³-hybridized carbons (Fsp3) is 0.667. The summed E-state index contributed by atoms with van der Waals surface area (Å²) in [5.74, 6) is 0.409. The summed E-state index contributed by atoms with van der Waals surface area (Å²) in [5.41, 5.74) is 1.13. The van der Waals surface area contributed by atoms with Crippen molar-refractivity contribution in [3.63, 3.8) is 0 Å². The van der Waals surface area contributed by atoms with Gasteiger partial charge in [-0.1, -0.05) is 30.3 Å². The molecule has 2 saturated carbocycles. The van der Waals surface area contributed by atoms with Crippen LogP contribution in [0.4, 0.5) is 4.79 Å². The Labute approximate surface area is 185 Å². The van der Waals surface area contributed by atoms with Crippen LogP contribution in [0.5, 0.6) is 0 Å². The van der Waals surface area contributed by atoms with Crippen molar-refractivity contribution in [2.45, 2.75) is 49.6 Å². The van der Waals surface area contributed by atoms with E-state index in [-0.39, 0.29) is 42.7 Å². The van der Waals surface area contributed by atoms with Gasteiger partial charge in [-0.3, -0.25) is 9.69 Å². The second kappa shape index (κ2) is 8.79. The monoisotopic (exact) mass is 428 g/mol. The third kappa shape index (κ3) is 4.30. The Morgan fingerprint density at radius 2 is 1.84 bits per heavy atom. The number of carbonyl (C=O) groups is 2. The number of urea groups is 1. The summed E-state index contributed by atoms with van der Waals surface area (Å²) in [6.07, 6.45) is 6.25. The Hall–Kier alpha value is -2.12. The molecule has 1 heterocycles. The SMILES string of the molecule is CN(C)C1(c2ccccc2)CCC2(CC1)CN(CC(=O)NCCO)C(=O)N2CC1CC1. The Morgan fingerprint density at radius 3 is 2.42 bits per heavy atom. The molecule has 3 fully saturated rings. The number of aliphatic hydroxyl groups is 1. The van der Waals surface area contributed by atoms with Crippen LogP contribution in [0.25, 0.3) is 0 Å². The molecule has 2 aliphatic carbocycles. The zero-order valence-electron chi connectivity index (χ0n) is 18.8. The van der Waals surface area contributed by atoms with Crippen molar-refractivity contribution < 1.29 is 14.7 Å². The van der Waals surface area contributed by atoms with Gasteiger partial charge in [0.15, 0.2) is 0 Å². The molecular weight excluding hydrogens is 392 g/mol. The first-order valence-electron chi connectivity index (χ1n) is 11.6. The van der Waals surface area contributed by atoms with Gasteiger partial charge < -0.3 is 20.2 Å². The summed E-state index contributed by atoms with van der Waals surface area (Å²) >= 11 is 0. The molecule has 7 nitrogen and oxygen atoms in total. The first kappa shape index (κ1) is 22.1. The van der Waals surface area contributed by atoms with Gasteiger partial charge in [0.2, 0.25) is 5.91 Å². The van der Waals surface area contributed by atoms with Gasteiger partial charge in [0.05, 0.1) is 12.1 Å². The van der Waals surface area contributed by atoms with Crippen molar-refractivity contribution in [3.8, 4) is 0 Å². The number of amides is 3. The molecule has 1 aromatic rings. The molecule has 170 valence electrons. The van der Waals surface area contributed by atoms with Crippen molar-refractivity contribution in [1.29, 1.82) is 0 Å². The van der Waals surface area contributed by atoms with Gasteiger partial charge in [0.1, 0.15) is 6.54 Å². The molecule has 3 aliphatic rings. The fourth-order valence-electron chi connectivity index (χ4n) is 5.56. The predicted octanol–water partition coefficient (Wildman–Crippen LogP) is 2.01. The largest absolute Gasteiger partial charge is 0.395 e. The maximum absolute atomic E-state index is 13.3. The maximum atomic E-state index is 13.3. The standard InChI is InChI=1S/C24H36N4O3/c1-26(2)24(20-6-4-3-5-7-20)12-10-23(11-13-24)18-27(17-21(30)25-14-15-29)22(31)28(23)16-19-8-9-19/h3-7,19,29H,8-18H2,1-2H3,(H,25,30). The van der Waals surface area contributed by atoms with E-state index in [4.69, 9.17) is 5.11 Å². The summed E-state index contributed by atoms with van der Waals surface area (Å²) < 4.78 is 0. The summed E-state index contributed by atoms with van der Waals surface area (Å²) in [7, 11) is 4.31. The van der Waals surface area contributed by atoms with Crippen molar-refractivity contribution in [2.24, 2.45) is 5.92 Å². The second-order valence-electron chi connectivity index (χ2n) is 9.78. The summed E-state index contributed by atoms with van der Waals surface area (Å²) in [6.45, 7) is 1.63. The van der Waals surface area contributed by atoms with Crippen molar-refractivity contribution in [3.05, 3.63) is 35.9 Å². The molecule has 1 spiro atoms. The Morgan fingerprint density at radius 1 is 1.16 bits per heavy atom. The maximum Gasteiger partial charge on any atom is 0.321 e. The molecule has 0 aromatic heterocycles. The molecule has 1 saturated heterocycles. The predicted molar refractivity (Wildman–Crippen MR) is 120 cm³/mol. The Bertz CT molecular complexity index is 785. The van der Waals surface area contributed by atoms with Crippen LogP contribution < -0.4 is 5.32 Å². The molecule has 0 radical (unpaired) electrons. The quantitative estimate of drug-likeness (QED) is 0.664. The van der Waals surface area contributed by atoms with Crippen LogP contribution in [0, 0.1) is 5.92 Å². The van der Waals surface area contributed by atoms with Crippen molar-refractivity contribution in [2.75, 3.05) is 46.9 Å². The first-order chi connectivity index (χ1) is 14.9. The van der Waals surface area contributed by atoms with E-state index in [0.717, 1.165) is 32.2 Å². The minimum atomic E-state index is -0.200. The third-order valence-electron chi connectivity index (χ3n) is 7.64. The van der Waals surface area contributed by atoms with E-state index in [1.807, 2.05) is 0 Å². The van der Waals surface area contributed by atoms with E-state index in [1.165, 1.54) is 18.4 Å². The average Bonchev–Trinajstić information content (AvgIpc) is 3.56. The normalized spacial score (nSPS) is 28.6. The highest BCUT2D eigenvalue weighted by atomic mass is 16.3. The number of nitrogens with one attached hydrogen (secondary N) is 1. The Kier molecular flexibility index (Phi) is 6.26. The van der Waals surface area contributed by atoms with Crippen LogP contribution in [0.1, 0.15) is 44.1 Å². The highest BCUT2D eigenvalue weighted by Crippen LogP contribution is 2.49. The smallest absolute Gasteiger partial charge is 0.321 e. The fourth-order valence-corrected chi connectivity index (χ4v) is 5.56. The minimum absolute atomic E-state index is 0.00288. The summed E-state index contributed by atoms with van der Waals surface area (Å²) in [4.78, 5) is 31.8. The number of aliphatic hydroxyl groups excluding tert-OH is 1. The van der Waals surface area contributed by atoms with Gasteiger partial charge in [0.25, 0.3) is 0 Å². The van der Waals surface area contributed by atoms with E-state index in [1.54, 1.807) is 4.90 Å². The van der Waals surface area contributed by atoms with Gasteiger partial charge in [-0.05, 0) is 64.1 Å². The van der Waals surface area contributed by atoms with Crippen LogP contribution in [-0.4, -0.2) is 84.2 Å². The van der Waals surface area contributed by atoms with Crippen LogP contribution >= 0.6 is 0 Å². The van der Waals surface area contributed by atoms with Gasteiger partial charge in [-0.2, -0.15) is 0 Å². The lowest BCUT2D eigenvalue weighted by Crippen LogP contribution is -2.55. The first-order valence-corrected chi connectivity index (χ1v) is 11.6. The lowest BCUT2D eigenvalue weighted by atomic mass is 9.68. The number of benzene rings is 1. The molecular formula is C24H36N4O3. The van der Waals surface area contributed by atoms with Gasteiger partial charge in [-0.25, -0.2) is 4.79 Å².